The van der Waals surface area contributed by atoms with E-state index >= 15 is 0 Å². The molecule has 1 aliphatic rings. The van der Waals surface area contributed by atoms with Crippen LogP contribution in [0.2, 0.25) is 0 Å². The lowest BCUT2D eigenvalue weighted by Crippen LogP contribution is -2.29. The van der Waals surface area contributed by atoms with Crippen LogP contribution < -0.4 is 14.8 Å². The Labute approximate surface area is 147 Å². The van der Waals surface area contributed by atoms with Crippen molar-refractivity contribution in [2.24, 2.45) is 0 Å². The summed E-state index contributed by atoms with van der Waals surface area (Å²) in [5.74, 6) is 1.89. The standard InChI is InChI=1S/C16H23NO5S2/c1-11(14-8-12(21-2)4-5-15(14)22-3)17-16(18)9-23-13-6-7-24(19,20)10-13/h4-5,8,11,13H,6-7,9-10H2,1-3H3,(H,17,18)/t11-,13+/m1/s1. The van der Waals surface area contributed by atoms with Crippen LogP contribution in [0, 0.1) is 0 Å². The van der Waals surface area contributed by atoms with Gasteiger partial charge in [-0.3, -0.25) is 4.79 Å². The highest BCUT2D eigenvalue weighted by Crippen LogP contribution is 2.29. The zero-order chi connectivity index (χ0) is 17.7. The molecule has 0 aliphatic carbocycles. The third-order valence-corrected chi connectivity index (χ3v) is 7.20. The lowest BCUT2D eigenvalue weighted by atomic mass is 10.1. The lowest BCUT2D eigenvalue weighted by Gasteiger charge is -2.18. The van der Waals surface area contributed by atoms with E-state index in [2.05, 4.69) is 5.32 Å². The largest absolute Gasteiger partial charge is 0.497 e. The van der Waals surface area contributed by atoms with Crippen LogP contribution in [0.1, 0.15) is 24.9 Å². The van der Waals surface area contributed by atoms with Crippen molar-refractivity contribution in [3.8, 4) is 11.5 Å². The summed E-state index contributed by atoms with van der Waals surface area (Å²) in [6.07, 6.45) is 0.625. The molecule has 134 valence electrons. The fourth-order valence-electron chi connectivity index (χ4n) is 2.62. The Kier molecular flexibility index (Phi) is 6.40. The van der Waals surface area contributed by atoms with Gasteiger partial charge in [0.1, 0.15) is 11.5 Å². The first-order valence-corrected chi connectivity index (χ1v) is 10.5. The quantitative estimate of drug-likeness (QED) is 0.785. The minimum absolute atomic E-state index is 0.0161. The number of hydrogen-bond donors (Lipinski definition) is 1. The Morgan fingerprint density at radius 1 is 1.38 bits per heavy atom. The summed E-state index contributed by atoms with van der Waals surface area (Å²) >= 11 is 1.40. The first-order valence-electron chi connectivity index (χ1n) is 7.68. The molecule has 1 aromatic carbocycles. The molecule has 1 aromatic rings. The Hall–Kier alpha value is -1.41. The van der Waals surface area contributed by atoms with E-state index in [9.17, 15) is 13.2 Å². The van der Waals surface area contributed by atoms with Crippen molar-refractivity contribution in [3.63, 3.8) is 0 Å². The third kappa shape index (κ3) is 5.04. The van der Waals surface area contributed by atoms with Crippen LogP contribution in [0.25, 0.3) is 0 Å². The summed E-state index contributed by atoms with van der Waals surface area (Å²) < 4.78 is 33.4. The van der Waals surface area contributed by atoms with Crippen molar-refractivity contribution in [1.29, 1.82) is 0 Å². The number of sulfone groups is 1. The smallest absolute Gasteiger partial charge is 0.230 e. The molecule has 8 heteroatoms. The highest BCUT2D eigenvalue weighted by Gasteiger charge is 2.28. The molecule has 1 N–H and O–H groups in total. The molecular weight excluding hydrogens is 350 g/mol. The molecule has 1 heterocycles. The Morgan fingerprint density at radius 2 is 2.12 bits per heavy atom. The van der Waals surface area contributed by atoms with Crippen LogP contribution >= 0.6 is 11.8 Å². The van der Waals surface area contributed by atoms with Gasteiger partial charge in [0.05, 0.1) is 37.5 Å². The van der Waals surface area contributed by atoms with E-state index in [1.807, 2.05) is 13.0 Å². The van der Waals surface area contributed by atoms with E-state index in [1.165, 1.54) is 11.8 Å². The number of carbonyl (C=O) groups excluding carboxylic acids is 1. The molecule has 2 rings (SSSR count). The molecule has 1 amide bonds. The lowest BCUT2D eigenvalue weighted by molar-refractivity contribution is -0.119. The zero-order valence-corrected chi connectivity index (χ0v) is 15.7. The molecule has 0 saturated carbocycles. The Balaban J connectivity index is 1.92. The van der Waals surface area contributed by atoms with Gasteiger partial charge in [0.25, 0.3) is 0 Å². The van der Waals surface area contributed by atoms with Crippen LogP contribution in [-0.2, 0) is 14.6 Å². The molecular formula is C16H23NO5S2. The summed E-state index contributed by atoms with van der Waals surface area (Å²) in [6.45, 7) is 1.87. The molecule has 0 bridgehead atoms. The van der Waals surface area contributed by atoms with Crippen molar-refractivity contribution in [2.75, 3.05) is 31.5 Å². The molecule has 0 aromatic heterocycles. The predicted molar refractivity (Wildman–Crippen MR) is 95.6 cm³/mol. The van der Waals surface area contributed by atoms with Crippen LogP contribution in [-0.4, -0.2) is 51.1 Å². The first kappa shape index (κ1) is 18.9. The first-order chi connectivity index (χ1) is 11.3. The van der Waals surface area contributed by atoms with Crippen molar-refractivity contribution < 1.29 is 22.7 Å². The van der Waals surface area contributed by atoms with Gasteiger partial charge in [-0.25, -0.2) is 8.42 Å². The molecule has 2 atom stereocenters. The average Bonchev–Trinajstić information content (AvgIpc) is 2.91. The van der Waals surface area contributed by atoms with Gasteiger partial charge in [-0.2, -0.15) is 0 Å². The van der Waals surface area contributed by atoms with Crippen molar-refractivity contribution in [3.05, 3.63) is 23.8 Å². The number of ether oxygens (including phenoxy) is 2. The number of rotatable bonds is 7. The number of methoxy groups -OCH3 is 2. The minimum Gasteiger partial charge on any atom is -0.497 e. The van der Waals surface area contributed by atoms with Gasteiger partial charge in [0.2, 0.25) is 5.91 Å². The summed E-state index contributed by atoms with van der Waals surface area (Å²) in [6, 6.07) is 5.19. The molecule has 24 heavy (non-hydrogen) atoms. The molecule has 0 radical (unpaired) electrons. The third-order valence-electron chi connectivity index (χ3n) is 3.92. The minimum atomic E-state index is -2.91. The van der Waals surface area contributed by atoms with Crippen LogP contribution in [0.15, 0.2) is 18.2 Å². The zero-order valence-electron chi connectivity index (χ0n) is 14.1. The van der Waals surface area contributed by atoms with Gasteiger partial charge >= 0.3 is 0 Å². The molecule has 1 fully saturated rings. The number of hydrogen-bond acceptors (Lipinski definition) is 6. The second-order valence-corrected chi connectivity index (χ2v) is 9.25. The molecule has 6 nitrogen and oxygen atoms in total. The van der Waals surface area contributed by atoms with Gasteiger partial charge in [-0.05, 0) is 31.5 Å². The molecule has 0 spiro atoms. The summed E-state index contributed by atoms with van der Waals surface area (Å²) in [7, 11) is 0.255. The highest BCUT2D eigenvalue weighted by molar-refractivity contribution is 8.02. The number of carbonyl (C=O) groups is 1. The number of amides is 1. The van der Waals surface area contributed by atoms with E-state index in [1.54, 1.807) is 26.4 Å². The van der Waals surface area contributed by atoms with Crippen LogP contribution in [0.3, 0.4) is 0 Å². The molecule has 0 unspecified atom stereocenters. The predicted octanol–water partition coefficient (Wildman–Crippen LogP) is 1.80. The maximum absolute atomic E-state index is 12.1. The SMILES string of the molecule is COc1ccc(OC)c([C@@H](C)NC(=O)CS[C@H]2CCS(=O)(=O)C2)c1. The van der Waals surface area contributed by atoms with E-state index in [0.717, 1.165) is 5.56 Å². The number of nitrogens with one attached hydrogen (secondary N) is 1. The Morgan fingerprint density at radius 3 is 2.71 bits per heavy atom. The average molecular weight is 373 g/mol. The van der Waals surface area contributed by atoms with Crippen LogP contribution in [0.4, 0.5) is 0 Å². The van der Waals surface area contributed by atoms with E-state index in [0.29, 0.717) is 17.9 Å². The monoisotopic (exact) mass is 373 g/mol. The second-order valence-electron chi connectivity index (χ2n) is 5.73. The Bertz CT molecular complexity index is 690. The maximum atomic E-state index is 12.1. The van der Waals surface area contributed by atoms with Gasteiger partial charge < -0.3 is 14.8 Å². The topological polar surface area (TPSA) is 81.7 Å². The van der Waals surface area contributed by atoms with E-state index < -0.39 is 9.84 Å². The summed E-state index contributed by atoms with van der Waals surface area (Å²) in [5, 5.41) is 2.94. The van der Waals surface area contributed by atoms with Gasteiger partial charge in [-0.1, -0.05) is 0 Å². The normalized spacial score (nSPS) is 20.4. The van der Waals surface area contributed by atoms with Gasteiger partial charge in [0, 0.05) is 10.8 Å². The highest BCUT2D eigenvalue weighted by atomic mass is 32.2. The van der Waals surface area contributed by atoms with Crippen molar-refractivity contribution >= 4 is 27.5 Å². The van der Waals surface area contributed by atoms with E-state index in [-0.39, 0.29) is 34.5 Å². The fraction of sp³-hybridized carbons (Fsp3) is 0.562. The number of thioether (sulfide) groups is 1. The summed E-state index contributed by atoms with van der Waals surface area (Å²) in [4.78, 5) is 12.1. The van der Waals surface area contributed by atoms with Crippen molar-refractivity contribution in [1.82, 2.24) is 5.32 Å². The maximum Gasteiger partial charge on any atom is 0.230 e. The van der Waals surface area contributed by atoms with Crippen LogP contribution in [0.5, 0.6) is 11.5 Å². The number of benzene rings is 1. The van der Waals surface area contributed by atoms with Gasteiger partial charge in [0.15, 0.2) is 9.84 Å². The summed E-state index contributed by atoms with van der Waals surface area (Å²) in [5.41, 5.74) is 0.832. The second kappa shape index (κ2) is 8.11. The van der Waals surface area contributed by atoms with Gasteiger partial charge in [-0.15, -0.1) is 11.8 Å². The van der Waals surface area contributed by atoms with Crippen molar-refractivity contribution in [2.45, 2.75) is 24.6 Å². The fourth-order valence-corrected chi connectivity index (χ4v) is 6.08. The molecule has 1 aliphatic heterocycles. The molecule has 1 saturated heterocycles. The van der Waals surface area contributed by atoms with E-state index in [4.69, 9.17) is 9.47 Å².